The maximum atomic E-state index is 11.6. The molecular formula is C8H14F3NO. The summed E-state index contributed by atoms with van der Waals surface area (Å²) in [5, 5.41) is 1.91. The Bertz CT molecular complexity index is 184. The van der Waals surface area contributed by atoms with E-state index in [9.17, 15) is 18.0 Å². The lowest BCUT2D eigenvalue weighted by atomic mass is 10.3. The van der Waals surface area contributed by atoms with Crippen LogP contribution in [0, 0.1) is 0 Å². The molecule has 2 nitrogen and oxygen atoms in total. The second-order valence-electron chi connectivity index (χ2n) is 3.01. The Balaban J connectivity index is 0.000000671. The Morgan fingerprint density at radius 2 is 1.69 bits per heavy atom. The molecule has 1 amide bonds. The molecule has 0 heterocycles. The summed E-state index contributed by atoms with van der Waals surface area (Å²) in [6.07, 6.45) is -3.48. The van der Waals surface area contributed by atoms with Gasteiger partial charge in [0.2, 0.25) is 0 Å². The summed E-state index contributed by atoms with van der Waals surface area (Å²) < 4.78 is 34.8. The molecule has 0 atom stereocenters. The van der Waals surface area contributed by atoms with E-state index in [2.05, 4.69) is 0 Å². The predicted molar refractivity (Wildman–Crippen MR) is 43.2 cm³/mol. The Hall–Kier alpha value is -0.740. The SMILES string of the molecule is CC.CC1(NC(=O)C(F)(F)F)CC1. The molecule has 0 aliphatic heterocycles. The number of rotatable bonds is 1. The van der Waals surface area contributed by atoms with E-state index in [1.54, 1.807) is 6.92 Å². The monoisotopic (exact) mass is 197 g/mol. The summed E-state index contributed by atoms with van der Waals surface area (Å²) in [6, 6.07) is 0. The van der Waals surface area contributed by atoms with Gasteiger partial charge in [0.15, 0.2) is 0 Å². The van der Waals surface area contributed by atoms with Crippen molar-refractivity contribution in [3.8, 4) is 0 Å². The van der Waals surface area contributed by atoms with Gasteiger partial charge in [0, 0.05) is 5.54 Å². The minimum Gasteiger partial charge on any atom is -0.343 e. The smallest absolute Gasteiger partial charge is 0.343 e. The quantitative estimate of drug-likeness (QED) is 0.686. The molecule has 1 aliphatic carbocycles. The lowest BCUT2D eigenvalue weighted by molar-refractivity contribution is -0.174. The highest BCUT2D eigenvalue weighted by atomic mass is 19.4. The number of hydrogen-bond acceptors (Lipinski definition) is 1. The average molecular weight is 197 g/mol. The highest BCUT2D eigenvalue weighted by molar-refractivity contribution is 5.82. The summed E-state index contributed by atoms with van der Waals surface area (Å²) >= 11 is 0. The van der Waals surface area contributed by atoms with Gasteiger partial charge in [0.25, 0.3) is 0 Å². The molecule has 0 saturated heterocycles. The Morgan fingerprint density at radius 3 is 1.92 bits per heavy atom. The zero-order valence-electron chi connectivity index (χ0n) is 7.96. The van der Waals surface area contributed by atoms with Crippen molar-refractivity contribution < 1.29 is 18.0 Å². The van der Waals surface area contributed by atoms with Crippen molar-refractivity contribution in [1.29, 1.82) is 0 Å². The molecule has 0 unspecified atom stereocenters. The fourth-order valence-electron chi connectivity index (χ4n) is 0.657. The highest BCUT2D eigenvalue weighted by Gasteiger charge is 2.46. The molecule has 0 radical (unpaired) electrons. The highest BCUT2D eigenvalue weighted by Crippen LogP contribution is 2.35. The van der Waals surface area contributed by atoms with E-state index in [4.69, 9.17) is 0 Å². The zero-order chi connectivity index (χ0) is 10.7. The van der Waals surface area contributed by atoms with E-state index in [1.807, 2.05) is 19.2 Å². The van der Waals surface area contributed by atoms with Crippen LogP contribution in [-0.4, -0.2) is 17.6 Å². The fraction of sp³-hybridized carbons (Fsp3) is 0.875. The van der Waals surface area contributed by atoms with Crippen LogP contribution in [0.25, 0.3) is 0 Å². The van der Waals surface area contributed by atoms with Crippen LogP contribution in [0.4, 0.5) is 13.2 Å². The second-order valence-corrected chi connectivity index (χ2v) is 3.01. The van der Waals surface area contributed by atoms with Gasteiger partial charge in [-0.25, -0.2) is 0 Å². The van der Waals surface area contributed by atoms with E-state index in [-0.39, 0.29) is 0 Å². The van der Waals surface area contributed by atoms with Crippen LogP contribution in [0.1, 0.15) is 33.6 Å². The molecule has 1 saturated carbocycles. The van der Waals surface area contributed by atoms with Gasteiger partial charge in [0.05, 0.1) is 0 Å². The van der Waals surface area contributed by atoms with E-state index in [0.29, 0.717) is 12.8 Å². The second kappa shape index (κ2) is 3.98. The van der Waals surface area contributed by atoms with Crippen LogP contribution in [0.15, 0.2) is 0 Å². The van der Waals surface area contributed by atoms with Gasteiger partial charge >= 0.3 is 12.1 Å². The van der Waals surface area contributed by atoms with Crippen LogP contribution in [0.2, 0.25) is 0 Å². The first-order valence-electron chi connectivity index (χ1n) is 4.23. The van der Waals surface area contributed by atoms with E-state index < -0.39 is 17.6 Å². The zero-order valence-corrected chi connectivity index (χ0v) is 7.96. The number of amides is 1. The molecule has 13 heavy (non-hydrogen) atoms. The van der Waals surface area contributed by atoms with Crippen LogP contribution < -0.4 is 5.32 Å². The Labute approximate surface area is 75.5 Å². The van der Waals surface area contributed by atoms with Crippen molar-refractivity contribution in [3.05, 3.63) is 0 Å². The van der Waals surface area contributed by atoms with Crippen LogP contribution in [0.3, 0.4) is 0 Å². The van der Waals surface area contributed by atoms with Crippen molar-refractivity contribution in [2.24, 2.45) is 0 Å². The van der Waals surface area contributed by atoms with E-state index >= 15 is 0 Å². The van der Waals surface area contributed by atoms with Gasteiger partial charge in [-0.2, -0.15) is 13.2 Å². The summed E-state index contributed by atoms with van der Waals surface area (Å²) in [6.45, 7) is 5.59. The van der Waals surface area contributed by atoms with Crippen molar-refractivity contribution in [2.75, 3.05) is 0 Å². The maximum Gasteiger partial charge on any atom is 0.471 e. The van der Waals surface area contributed by atoms with Gasteiger partial charge < -0.3 is 5.32 Å². The molecule has 1 N–H and O–H groups in total. The van der Waals surface area contributed by atoms with E-state index in [0.717, 1.165) is 0 Å². The van der Waals surface area contributed by atoms with Crippen molar-refractivity contribution in [1.82, 2.24) is 5.32 Å². The van der Waals surface area contributed by atoms with Crippen molar-refractivity contribution in [2.45, 2.75) is 45.3 Å². The van der Waals surface area contributed by atoms with Crippen molar-refractivity contribution in [3.63, 3.8) is 0 Å². The third-order valence-corrected chi connectivity index (χ3v) is 1.67. The average Bonchev–Trinajstić information content (AvgIpc) is 2.70. The summed E-state index contributed by atoms with van der Waals surface area (Å²) in [5.41, 5.74) is -0.591. The topological polar surface area (TPSA) is 29.1 Å². The number of carbonyl (C=O) groups excluding carboxylic acids is 1. The lowest BCUT2D eigenvalue weighted by Crippen LogP contribution is -2.43. The summed E-state index contributed by atoms with van der Waals surface area (Å²) in [5.74, 6) is -1.84. The number of hydrogen-bond donors (Lipinski definition) is 1. The van der Waals surface area contributed by atoms with E-state index in [1.165, 1.54) is 0 Å². The summed E-state index contributed by atoms with van der Waals surface area (Å²) in [4.78, 5) is 10.3. The Morgan fingerprint density at radius 1 is 1.31 bits per heavy atom. The molecule has 0 spiro atoms. The van der Waals surface area contributed by atoms with Gasteiger partial charge in [-0.15, -0.1) is 0 Å². The maximum absolute atomic E-state index is 11.6. The molecule has 1 rings (SSSR count). The van der Waals surface area contributed by atoms with Crippen molar-refractivity contribution >= 4 is 5.91 Å². The molecule has 1 fully saturated rings. The van der Waals surface area contributed by atoms with Gasteiger partial charge in [0.1, 0.15) is 0 Å². The number of alkyl halides is 3. The molecule has 0 aromatic carbocycles. The molecule has 5 heteroatoms. The first kappa shape index (κ1) is 12.3. The predicted octanol–water partition coefficient (Wildman–Crippen LogP) is 2.24. The van der Waals surface area contributed by atoms with Gasteiger partial charge in [-0.1, -0.05) is 13.8 Å². The number of nitrogens with one attached hydrogen (secondary N) is 1. The molecule has 78 valence electrons. The molecule has 0 aromatic heterocycles. The third-order valence-electron chi connectivity index (χ3n) is 1.67. The van der Waals surface area contributed by atoms with Gasteiger partial charge in [-0.3, -0.25) is 4.79 Å². The standard InChI is InChI=1S/C6H8F3NO.C2H6/c1-5(2-3-5)10-4(11)6(7,8)9;1-2/h2-3H2,1H3,(H,10,11);1-2H3. The Kier molecular flexibility index (Phi) is 3.75. The largest absolute Gasteiger partial charge is 0.471 e. The molecular weight excluding hydrogens is 183 g/mol. The van der Waals surface area contributed by atoms with Crippen LogP contribution in [0.5, 0.6) is 0 Å². The first-order chi connectivity index (χ1) is 5.83. The molecule has 0 bridgehead atoms. The first-order valence-corrected chi connectivity index (χ1v) is 4.23. The molecule has 0 aromatic rings. The number of halogens is 3. The minimum atomic E-state index is -4.74. The molecule has 1 aliphatic rings. The number of carbonyl (C=O) groups is 1. The third kappa shape index (κ3) is 4.15. The fourth-order valence-corrected chi connectivity index (χ4v) is 0.657. The minimum absolute atomic E-state index is 0.591. The van der Waals surface area contributed by atoms with Crippen LogP contribution in [-0.2, 0) is 4.79 Å². The van der Waals surface area contributed by atoms with Crippen LogP contribution >= 0.6 is 0 Å². The van der Waals surface area contributed by atoms with Gasteiger partial charge in [-0.05, 0) is 19.8 Å². The lowest BCUT2D eigenvalue weighted by Gasteiger charge is -2.12. The summed E-state index contributed by atoms with van der Waals surface area (Å²) in [7, 11) is 0. The normalized spacial score (nSPS) is 18.3.